The number of pyridine rings is 1. The molecule has 3 atom stereocenters. The summed E-state index contributed by atoms with van der Waals surface area (Å²) in [7, 11) is 0. The van der Waals surface area contributed by atoms with E-state index >= 15 is 0 Å². The second kappa shape index (κ2) is 6.44. The second-order valence-electron chi connectivity index (χ2n) is 6.58. The fourth-order valence-corrected chi connectivity index (χ4v) is 3.74. The molecule has 0 bridgehead atoms. The van der Waals surface area contributed by atoms with Crippen LogP contribution in [0.3, 0.4) is 0 Å². The molecule has 1 aliphatic rings. The van der Waals surface area contributed by atoms with E-state index < -0.39 is 5.97 Å². The molecule has 21 heavy (non-hydrogen) atoms. The Balaban J connectivity index is 2.01. The number of carbonyl (C=O) groups is 1. The minimum atomic E-state index is -0.665. The Morgan fingerprint density at radius 1 is 1.48 bits per heavy atom. The summed E-state index contributed by atoms with van der Waals surface area (Å²) in [5, 5.41) is 13.0. The molecule has 0 amide bonds. The minimum absolute atomic E-state index is 0.197. The van der Waals surface area contributed by atoms with Gasteiger partial charge in [0.15, 0.2) is 0 Å². The van der Waals surface area contributed by atoms with Gasteiger partial charge in [0, 0.05) is 29.5 Å². The van der Waals surface area contributed by atoms with Gasteiger partial charge in [-0.05, 0) is 51.7 Å². The van der Waals surface area contributed by atoms with Crippen LogP contribution in [0.5, 0.6) is 0 Å². The number of nitrogens with zero attached hydrogens (tertiary/aromatic N) is 1. The van der Waals surface area contributed by atoms with E-state index in [0.717, 1.165) is 29.4 Å². The molecule has 1 saturated carbocycles. The largest absolute Gasteiger partial charge is 0.481 e. The monoisotopic (exact) mass is 354 g/mol. The highest BCUT2D eigenvalue weighted by Crippen LogP contribution is 2.45. The standard InChI is InChI=1S/C16H23BrN2O2/c1-10-14(5-4-13(15(20)21)16(10,2)3)19-8-11-6-12(17)9-18-7-11/h6-7,9-10,13-14,19H,4-5,8H2,1-3H3,(H,20,21). The number of halogens is 1. The smallest absolute Gasteiger partial charge is 0.307 e. The summed E-state index contributed by atoms with van der Waals surface area (Å²) in [5.74, 6) is -0.605. The van der Waals surface area contributed by atoms with Gasteiger partial charge in [0.1, 0.15) is 0 Å². The Kier molecular flexibility index (Phi) is 5.04. The van der Waals surface area contributed by atoms with E-state index in [1.165, 1.54) is 0 Å². The third kappa shape index (κ3) is 3.64. The van der Waals surface area contributed by atoms with Gasteiger partial charge in [-0.1, -0.05) is 20.8 Å². The number of hydrogen-bond acceptors (Lipinski definition) is 3. The lowest BCUT2D eigenvalue weighted by molar-refractivity contribution is -0.150. The molecule has 0 saturated heterocycles. The molecule has 2 rings (SSSR count). The zero-order valence-corrected chi connectivity index (χ0v) is 14.4. The lowest BCUT2D eigenvalue weighted by Gasteiger charge is -2.46. The number of carboxylic acid groups (broad SMARTS) is 1. The average molecular weight is 355 g/mol. The van der Waals surface area contributed by atoms with E-state index in [1.807, 2.05) is 6.20 Å². The van der Waals surface area contributed by atoms with E-state index in [4.69, 9.17) is 0 Å². The molecule has 3 unspecified atom stereocenters. The van der Waals surface area contributed by atoms with Crippen molar-refractivity contribution >= 4 is 21.9 Å². The first-order valence-corrected chi connectivity index (χ1v) is 8.17. The van der Waals surface area contributed by atoms with Crippen molar-refractivity contribution in [3.63, 3.8) is 0 Å². The molecule has 5 heteroatoms. The molecule has 0 aliphatic heterocycles. The first-order chi connectivity index (χ1) is 9.82. The maximum Gasteiger partial charge on any atom is 0.307 e. The summed E-state index contributed by atoms with van der Waals surface area (Å²) in [4.78, 5) is 15.6. The predicted octanol–water partition coefficient (Wildman–Crippen LogP) is 3.46. The summed E-state index contributed by atoms with van der Waals surface area (Å²) in [5.41, 5.74) is 0.937. The number of nitrogens with one attached hydrogen (secondary N) is 1. The van der Waals surface area contributed by atoms with Gasteiger partial charge in [-0.25, -0.2) is 0 Å². The Bertz CT molecular complexity index is 519. The van der Waals surface area contributed by atoms with Crippen LogP contribution in [0.1, 0.15) is 39.2 Å². The van der Waals surface area contributed by atoms with Crippen molar-refractivity contribution in [1.82, 2.24) is 10.3 Å². The van der Waals surface area contributed by atoms with Crippen molar-refractivity contribution in [3.8, 4) is 0 Å². The van der Waals surface area contributed by atoms with Crippen LogP contribution >= 0.6 is 15.9 Å². The number of rotatable bonds is 4. The zero-order chi connectivity index (χ0) is 15.6. The van der Waals surface area contributed by atoms with E-state index in [1.54, 1.807) is 6.20 Å². The predicted molar refractivity (Wildman–Crippen MR) is 85.9 cm³/mol. The van der Waals surface area contributed by atoms with Crippen LogP contribution in [-0.4, -0.2) is 22.1 Å². The van der Waals surface area contributed by atoms with Gasteiger partial charge < -0.3 is 10.4 Å². The quantitative estimate of drug-likeness (QED) is 0.868. The molecule has 2 N–H and O–H groups in total. The van der Waals surface area contributed by atoms with Crippen molar-refractivity contribution in [2.75, 3.05) is 0 Å². The molecule has 1 aliphatic carbocycles. The van der Waals surface area contributed by atoms with Crippen LogP contribution in [0.25, 0.3) is 0 Å². The molecule has 1 heterocycles. The molecule has 0 spiro atoms. The topological polar surface area (TPSA) is 62.2 Å². The van der Waals surface area contributed by atoms with Gasteiger partial charge in [0.25, 0.3) is 0 Å². The van der Waals surface area contributed by atoms with Crippen LogP contribution in [0, 0.1) is 17.3 Å². The number of carboxylic acids is 1. The highest BCUT2D eigenvalue weighted by Gasteiger charge is 2.45. The van der Waals surface area contributed by atoms with Gasteiger partial charge in [-0.2, -0.15) is 0 Å². The molecule has 0 aromatic carbocycles. The van der Waals surface area contributed by atoms with Crippen molar-refractivity contribution < 1.29 is 9.90 Å². The maximum atomic E-state index is 11.4. The van der Waals surface area contributed by atoms with Gasteiger partial charge in [-0.3, -0.25) is 9.78 Å². The van der Waals surface area contributed by atoms with E-state index in [0.29, 0.717) is 12.0 Å². The van der Waals surface area contributed by atoms with Gasteiger partial charge in [0.2, 0.25) is 0 Å². The summed E-state index contributed by atoms with van der Waals surface area (Å²) in [6.45, 7) is 7.07. The summed E-state index contributed by atoms with van der Waals surface area (Å²) >= 11 is 3.43. The first kappa shape index (κ1) is 16.4. The third-order valence-electron chi connectivity index (χ3n) is 5.07. The average Bonchev–Trinajstić information content (AvgIpc) is 2.40. The fourth-order valence-electron chi connectivity index (χ4n) is 3.33. The van der Waals surface area contributed by atoms with Crippen molar-refractivity contribution in [2.45, 2.75) is 46.2 Å². The first-order valence-electron chi connectivity index (χ1n) is 7.38. The van der Waals surface area contributed by atoms with E-state index in [-0.39, 0.29) is 11.3 Å². The van der Waals surface area contributed by atoms with Crippen LogP contribution in [-0.2, 0) is 11.3 Å². The molecule has 0 radical (unpaired) electrons. The molecule has 116 valence electrons. The number of aliphatic carboxylic acids is 1. The third-order valence-corrected chi connectivity index (χ3v) is 5.50. The lowest BCUT2D eigenvalue weighted by Crippen LogP contribution is -2.50. The number of aromatic nitrogens is 1. The highest BCUT2D eigenvalue weighted by molar-refractivity contribution is 9.10. The molecule has 1 fully saturated rings. The van der Waals surface area contributed by atoms with Gasteiger partial charge in [0.05, 0.1) is 5.92 Å². The summed E-state index contributed by atoms with van der Waals surface area (Å²) < 4.78 is 0.977. The highest BCUT2D eigenvalue weighted by atomic mass is 79.9. The molecule has 1 aromatic heterocycles. The molecule has 4 nitrogen and oxygen atoms in total. The second-order valence-corrected chi connectivity index (χ2v) is 7.49. The Morgan fingerprint density at radius 2 is 2.19 bits per heavy atom. The van der Waals surface area contributed by atoms with Gasteiger partial charge in [-0.15, -0.1) is 0 Å². The van der Waals surface area contributed by atoms with Crippen molar-refractivity contribution in [1.29, 1.82) is 0 Å². The van der Waals surface area contributed by atoms with E-state index in [9.17, 15) is 9.90 Å². The molecular formula is C16H23BrN2O2. The zero-order valence-electron chi connectivity index (χ0n) is 12.8. The van der Waals surface area contributed by atoms with Crippen LogP contribution < -0.4 is 5.32 Å². The Labute approximate surface area is 134 Å². The minimum Gasteiger partial charge on any atom is -0.481 e. The Hall–Kier alpha value is -0.940. The SMILES string of the molecule is CC1C(NCc2cncc(Br)c2)CCC(C(=O)O)C1(C)C. The van der Waals surface area contributed by atoms with Gasteiger partial charge >= 0.3 is 5.97 Å². The van der Waals surface area contributed by atoms with Crippen LogP contribution in [0.2, 0.25) is 0 Å². The number of hydrogen-bond donors (Lipinski definition) is 2. The maximum absolute atomic E-state index is 11.4. The Morgan fingerprint density at radius 3 is 2.81 bits per heavy atom. The lowest BCUT2D eigenvalue weighted by atomic mass is 9.61. The van der Waals surface area contributed by atoms with Crippen molar-refractivity contribution in [3.05, 3.63) is 28.5 Å². The van der Waals surface area contributed by atoms with Crippen molar-refractivity contribution in [2.24, 2.45) is 17.3 Å². The molecular weight excluding hydrogens is 332 g/mol. The van der Waals surface area contributed by atoms with Crippen LogP contribution in [0.15, 0.2) is 22.9 Å². The van der Waals surface area contributed by atoms with Crippen LogP contribution in [0.4, 0.5) is 0 Å². The molecule has 1 aromatic rings. The van der Waals surface area contributed by atoms with E-state index in [2.05, 4.69) is 53.1 Å². The normalized spacial score (nSPS) is 28.3. The fraction of sp³-hybridized carbons (Fsp3) is 0.625. The summed E-state index contributed by atoms with van der Waals surface area (Å²) in [6, 6.07) is 2.40. The summed E-state index contributed by atoms with van der Waals surface area (Å²) in [6.07, 6.45) is 5.27.